The fourth-order valence-electron chi connectivity index (χ4n) is 2.76. The summed E-state index contributed by atoms with van der Waals surface area (Å²) in [5, 5.41) is 7.46. The minimum Gasteiger partial charge on any atom is -0.339 e. The Morgan fingerprint density at radius 1 is 1.19 bits per heavy atom. The molecule has 1 saturated heterocycles. The lowest BCUT2D eigenvalue weighted by molar-refractivity contribution is 0.324. The van der Waals surface area contributed by atoms with E-state index >= 15 is 0 Å². The van der Waals surface area contributed by atoms with Gasteiger partial charge in [0.05, 0.1) is 0 Å². The monoisotopic (exact) mass is 286 g/mol. The predicted octanol–water partition coefficient (Wildman–Crippen LogP) is 2.13. The summed E-state index contributed by atoms with van der Waals surface area (Å²) in [6, 6.07) is 7.98. The molecule has 2 aromatic rings. The van der Waals surface area contributed by atoms with Crippen molar-refractivity contribution in [3.63, 3.8) is 0 Å². The summed E-state index contributed by atoms with van der Waals surface area (Å²) in [5.41, 5.74) is 7.68. The van der Waals surface area contributed by atoms with Crippen LogP contribution in [0.1, 0.15) is 30.7 Å². The van der Waals surface area contributed by atoms with Gasteiger partial charge in [-0.1, -0.05) is 29.4 Å². The summed E-state index contributed by atoms with van der Waals surface area (Å²) in [7, 11) is 0. The average Bonchev–Trinajstić information content (AvgIpc) is 3.03. The van der Waals surface area contributed by atoms with Gasteiger partial charge in [0.25, 0.3) is 0 Å². The molecule has 0 unspecified atom stereocenters. The van der Waals surface area contributed by atoms with Crippen LogP contribution < -0.4 is 11.1 Å². The van der Waals surface area contributed by atoms with Crippen molar-refractivity contribution in [1.82, 2.24) is 15.5 Å². The Labute approximate surface area is 124 Å². The lowest BCUT2D eigenvalue weighted by Gasteiger charge is -2.21. The highest BCUT2D eigenvalue weighted by molar-refractivity contribution is 5.54. The molecule has 0 amide bonds. The first kappa shape index (κ1) is 14.2. The van der Waals surface area contributed by atoms with Crippen molar-refractivity contribution in [3.05, 3.63) is 35.7 Å². The van der Waals surface area contributed by atoms with Gasteiger partial charge in [-0.2, -0.15) is 4.98 Å². The number of hydrogen-bond donors (Lipinski definition) is 2. The molecule has 0 atom stereocenters. The van der Waals surface area contributed by atoms with E-state index in [1.807, 2.05) is 24.3 Å². The molecule has 5 nitrogen and oxygen atoms in total. The van der Waals surface area contributed by atoms with E-state index in [2.05, 4.69) is 15.5 Å². The number of aryl methyl sites for hydroxylation is 1. The van der Waals surface area contributed by atoms with Crippen LogP contribution in [0.25, 0.3) is 11.4 Å². The van der Waals surface area contributed by atoms with Gasteiger partial charge in [0.1, 0.15) is 0 Å². The van der Waals surface area contributed by atoms with E-state index in [0.717, 1.165) is 48.9 Å². The number of rotatable bonds is 5. The van der Waals surface area contributed by atoms with E-state index in [4.69, 9.17) is 10.3 Å². The molecule has 0 radical (unpaired) electrons. The second-order valence-corrected chi connectivity index (χ2v) is 5.64. The van der Waals surface area contributed by atoms with Crippen LogP contribution >= 0.6 is 0 Å². The van der Waals surface area contributed by atoms with Crippen LogP contribution in [0.4, 0.5) is 0 Å². The largest absolute Gasteiger partial charge is 0.339 e. The summed E-state index contributed by atoms with van der Waals surface area (Å²) in [6.07, 6.45) is 4.51. The fraction of sp³-hybridized carbons (Fsp3) is 0.500. The predicted molar refractivity (Wildman–Crippen MR) is 81.5 cm³/mol. The highest BCUT2D eigenvalue weighted by Crippen LogP contribution is 2.20. The third-order valence-corrected chi connectivity index (χ3v) is 4.14. The lowest BCUT2D eigenvalue weighted by Crippen LogP contribution is -2.27. The molecule has 112 valence electrons. The molecule has 0 saturated carbocycles. The number of aromatic nitrogens is 2. The fourth-order valence-corrected chi connectivity index (χ4v) is 2.76. The van der Waals surface area contributed by atoms with Crippen LogP contribution in [0.15, 0.2) is 28.8 Å². The topological polar surface area (TPSA) is 77.0 Å². The molecule has 2 heterocycles. The van der Waals surface area contributed by atoms with E-state index in [0.29, 0.717) is 12.4 Å². The van der Waals surface area contributed by atoms with E-state index in [1.54, 1.807) is 0 Å². The molecule has 3 N–H and O–H groups in total. The first-order valence-corrected chi connectivity index (χ1v) is 7.68. The van der Waals surface area contributed by atoms with Gasteiger partial charge in [0.15, 0.2) is 0 Å². The van der Waals surface area contributed by atoms with Crippen molar-refractivity contribution < 1.29 is 4.52 Å². The molecule has 1 aliphatic rings. The maximum Gasteiger partial charge on any atom is 0.226 e. The maximum absolute atomic E-state index is 5.60. The van der Waals surface area contributed by atoms with E-state index in [-0.39, 0.29) is 0 Å². The van der Waals surface area contributed by atoms with Crippen molar-refractivity contribution in [2.24, 2.45) is 11.7 Å². The van der Waals surface area contributed by atoms with Crippen LogP contribution in [0, 0.1) is 5.92 Å². The number of benzene rings is 1. The van der Waals surface area contributed by atoms with Crippen molar-refractivity contribution in [2.45, 2.75) is 32.2 Å². The average molecular weight is 286 g/mol. The van der Waals surface area contributed by atoms with Crippen molar-refractivity contribution in [3.8, 4) is 11.4 Å². The second-order valence-electron chi connectivity index (χ2n) is 5.64. The summed E-state index contributed by atoms with van der Waals surface area (Å²) in [5.74, 6) is 2.19. The molecule has 21 heavy (non-hydrogen) atoms. The van der Waals surface area contributed by atoms with E-state index < -0.39 is 0 Å². The molecular weight excluding hydrogens is 264 g/mol. The standard InChI is InChI=1S/C16H22N4O/c17-11-13-1-4-14(5-2-13)16-19-15(21-20-16)6-3-12-7-9-18-10-8-12/h1-2,4-5,12,18H,3,6-11,17H2. The van der Waals surface area contributed by atoms with Gasteiger partial charge in [-0.15, -0.1) is 0 Å². The quantitative estimate of drug-likeness (QED) is 0.880. The molecule has 0 bridgehead atoms. The Kier molecular flexibility index (Phi) is 4.62. The zero-order chi connectivity index (χ0) is 14.5. The van der Waals surface area contributed by atoms with Gasteiger partial charge in [0, 0.05) is 18.5 Å². The van der Waals surface area contributed by atoms with Gasteiger partial charge in [-0.25, -0.2) is 0 Å². The minimum absolute atomic E-state index is 0.550. The molecule has 1 fully saturated rings. The second kappa shape index (κ2) is 6.83. The number of nitrogens with zero attached hydrogens (tertiary/aromatic N) is 2. The van der Waals surface area contributed by atoms with Crippen molar-refractivity contribution in [2.75, 3.05) is 13.1 Å². The Morgan fingerprint density at radius 2 is 1.95 bits per heavy atom. The Bertz CT molecular complexity index is 558. The summed E-state index contributed by atoms with van der Waals surface area (Å²) < 4.78 is 5.37. The number of hydrogen-bond acceptors (Lipinski definition) is 5. The summed E-state index contributed by atoms with van der Waals surface area (Å²) in [4.78, 5) is 4.50. The zero-order valence-electron chi connectivity index (χ0n) is 12.2. The highest BCUT2D eigenvalue weighted by atomic mass is 16.5. The molecule has 0 aliphatic carbocycles. The smallest absolute Gasteiger partial charge is 0.226 e. The minimum atomic E-state index is 0.550. The first-order chi connectivity index (χ1) is 10.3. The molecular formula is C16H22N4O. The Hall–Kier alpha value is -1.72. The maximum atomic E-state index is 5.60. The SMILES string of the molecule is NCc1ccc(-c2noc(CCC3CCNCC3)n2)cc1. The Balaban J connectivity index is 1.59. The molecule has 3 rings (SSSR count). The van der Waals surface area contributed by atoms with Gasteiger partial charge in [-0.3, -0.25) is 0 Å². The van der Waals surface area contributed by atoms with Crippen molar-refractivity contribution >= 4 is 0 Å². The molecule has 1 aromatic heterocycles. The summed E-state index contributed by atoms with van der Waals surface area (Å²) in [6.45, 7) is 2.81. The van der Waals surface area contributed by atoms with Crippen LogP contribution in [-0.2, 0) is 13.0 Å². The van der Waals surface area contributed by atoms with E-state index in [9.17, 15) is 0 Å². The zero-order valence-corrected chi connectivity index (χ0v) is 12.2. The van der Waals surface area contributed by atoms with Crippen molar-refractivity contribution in [1.29, 1.82) is 0 Å². The molecule has 1 aliphatic heterocycles. The van der Waals surface area contributed by atoms with Crippen LogP contribution in [0.2, 0.25) is 0 Å². The number of piperidine rings is 1. The molecule has 5 heteroatoms. The number of nitrogens with one attached hydrogen (secondary N) is 1. The summed E-state index contributed by atoms with van der Waals surface area (Å²) >= 11 is 0. The van der Waals surface area contributed by atoms with Crippen LogP contribution in [0.3, 0.4) is 0 Å². The molecule has 1 aromatic carbocycles. The third-order valence-electron chi connectivity index (χ3n) is 4.14. The van der Waals surface area contributed by atoms with Crippen LogP contribution in [0.5, 0.6) is 0 Å². The third kappa shape index (κ3) is 3.68. The van der Waals surface area contributed by atoms with Gasteiger partial charge >= 0.3 is 0 Å². The van der Waals surface area contributed by atoms with Gasteiger partial charge < -0.3 is 15.6 Å². The van der Waals surface area contributed by atoms with Crippen LogP contribution in [-0.4, -0.2) is 23.2 Å². The highest BCUT2D eigenvalue weighted by Gasteiger charge is 2.15. The normalized spacial score (nSPS) is 16.2. The molecule has 0 spiro atoms. The number of nitrogens with two attached hydrogens (primary N) is 1. The lowest BCUT2D eigenvalue weighted by atomic mass is 9.93. The first-order valence-electron chi connectivity index (χ1n) is 7.68. The van der Waals surface area contributed by atoms with Gasteiger partial charge in [0.2, 0.25) is 11.7 Å². The van der Waals surface area contributed by atoms with E-state index in [1.165, 1.54) is 12.8 Å². The Morgan fingerprint density at radius 3 is 2.67 bits per heavy atom. The van der Waals surface area contributed by atoms with Gasteiger partial charge in [-0.05, 0) is 43.8 Å².